The molecule has 0 bridgehead atoms. The van der Waals surface area contributed by atoms with Gasteiger partial charge in [0, 0.05) is 23.6 Å². The summed E-state index contributed by atoms with van der Waals surface area (Å²) in [6.45, 7) is 3.93. The SMILES string of the molecule is Cc1ccncc1-c1noc(-c2cccc(C)c2N)n1. The van der Waals surface area contributed by atoms with E-state index in [0.29, 0.717) is 17.4 Å². The van der Waals surface area contributed by atoms with Gasteiger partial charge in [-0.05, 0) is 37.1 Å². The Bertz CT molecular complexity index is 764. The lowest BCUT2D eigenvalue weighted by atomic mass is 10.1. The molecule has 0 saturated heterocycles. The first-order valence-corrected chi connectivity index (χ1v) is 6.27. The molecule has 0 radical (unpaired) electrons. The number of aromatic nitrogens is 3. The van der Waals surface area contributed by atoms with Crippen LogP contribution in [0.4, 0.5) is 5.69 Å². The highest BCUT2D eigenvalue weighted by Crippen LogP contribution is 2.29. The number of nitrogen functional groups attached to an aromatic ring is 1. The Hall–Kier alpha value is -2.69. The predicted molar refractivity (Wildman–Crippen MR) is 76.9 cm³/mol. The first-order valence-electron chi connectivity index (χ1n) is 6.27. The Morgan fingerprint density at radius 2 is 1.90 bits per heavy atom. The standard InChI is InChI=1S/C15H14N4O/c1-9-6-7-17-8-12(9)14-18-15(20-19-14)11-5-3-4-10(2)13(11)16/h3-8H,16H2,1-2H3. The topological polar surface area (TPSA) is 77.8 Å². The lowest BCUT2D eigenvalue weighted by Crippen LogP contribution is -1.93. The van der Waals surface area contributed by atoms with E-state index in [1.54, 1.807) is 12.4 Å². The maximum Gasteiger partial charge on any atom is 0.260 e. The number of benzene rings is 1. The average Bonchev–Trinajstić information content (AvgIpc) is 2.92. The lowest BCUT2D eigenvalue weighted by molar-refractivity contribution is 0.432. The Balaban J connectivity index is 2.07. The summed E-state index contributed by atoms with van der Waals surface area (Å²) in [6.07, 6.45) is 3.46. The molecule has 0 aliphatic heterocycles. The molecule has 0 saturated carbocycles. The van der Waals surface area contributed by atoms with Crippen LogP contribution in [0, 0.1) is 13.8 Å². The van der Waals surface area contributed by atoms with E-state index in [9.17, 15) is 0 Å². The molecule has 2 aromatic heterocycles. The summed E-state index contributed by atoms with van der Waals surface area (Å²) in [5, 5.41) is 4.01. The largest absolute Gasteiger partial charge is 0.398 e. The third-order valence-corrected chi connectivity index (χ3v) is 3.26. The number of hydrogen-bond donors (Lipinski definition) is 1. The molecule has 0 spiro atoms. The van der Waals surface area contributed by atoms with Crippen molar-refractivity contribution in [2.75, 3.05) is 5.73 Å². The molecule has 0 atom stereocenters. The maximum absolute atomic E-state index is 6.05. The van der Waals surface area contributed by atoms with E-state index >= 15 is 0 Å². The highest BCUT2D eigenvalue weighted by atomic mass is 16.5. The van der Waals surface area contributed by atoms with E-state index in [1.807, 2.05) is 38.1 Å². The van der Waals surface area contributed by atoms with Gasteiger partial charge in [-0.25, -0.2) is 0 Å². The van der Waals surface area contributed by atoms with Crippen LogP contribution in [0.15, 0.2) is 41.2 Å². The van der Waals surface area contributed by atoms with E-state index < -0.39 is 0 Å². The van der Waals surface area contributed by atoms with Gasteiger partial charge >= 0.3 is 0 Å². The summed E-state index contributed by atoms with van der Waals surface area (Å²) in [4.78, 5) is 8.50. The molecule has 3 aromatic rings. The van der Waals surface area contributed by atoms with E-state index in [2.05, 4.69) is 15.1 Å². The summed E-state index contributed by atoms with van der Waals surface area (Å²) < 4.78 is 5.33. The van der Waals surface area contributed by atoms with Crippen LogP contribution in [-0.4, -0.2) is 15.1 Å². The van der Waals surface area contributed by atoms with Gasteiger partial charge in [0.2, 0.25) is 5.82 Å². The van der Waals surface area contributed by atoms with Gasteiger partial charge in [0.1, 0.15) is 0 Å². The third-order valence-electron chi connectivity index (χ3n) is 3.26. The van der Waals surface area contributed by atoms with Gasteiger partial charge in [-0.1, -0.05) is 17.3 Å². The fourth-order valence-corrected chi connectivity index (χ4v) is 2.01. The van der Waals surface area contributed by atoms with Crippen molar-refractivity contribution in [3.05, 3.63) is 47.8 Å². The summed E-state index contributed by atoms with van der Waals surface area (Å²) >= 11 is 0. The highest BCUT2D eigenvalue weighted by molar-refractivity contribution is 5.74. The van der Waals surface area contributed by atoms with Gasteiger partial charge in [-0.3, -0.25) is 4.98 Å². The second-order valence-corrected chi connectivity index (χ2v) is 4.65. The number of nitrogens with zero attached hydrogens (tertiary/aromatic N) is 3. The van der Waals surface area contributed by atoms with Crippen molar-refractivity contribution >= 4 is 5.69 Å². The molecule has 0 amide bonds. The van der Waals surface area contributed by atoms with Crippen molar-refractivity contribution in [2.24, 2.45) is 0 Å². The van der Waals surface area contributed by atoms with Crippen LogP contribution in [0.25, 0.3) is 22.8 Å². The average molecular weight is 266 g/mol. The van der Waals surface area contributed by atoms with Crippen molar-refractivity contribution in [3.8, 4) is 22.8 Å². The van der Waals surface area contributed by atoms with Gasteiger partial charge in [0.05, 0.1) is 5.56 Å². The Morgan fingerprint density at radius 1 is 1.05 bits per heavy atom. The first-order chi connectivity index (χ1) is 9.66. The number of hydrogen-bond acceptors (Lipinski definition) is 5. The van der Waals surface area contributed by atoms with Gasteiger partial charge in [0.15, 0.2) is 0 Å². The predicted octanol–water partition coefficient (Wildman–Crippen LogP) is 3.00. The number of rotatable bonds is 2. The Labute approximate surface area is 116 Å². The zero-order valence-corrected chi connectivity index (χ0v) is 11.3. The monoisotopic (exact) mass is 266 g/mol. The quantitative estimate of drug-likeness (QED) is 0.721. The molecule has 0 fully saturated rings. The van der Waals surface area contributed by atoms with Crippen molar-refractivity contribution in [3.63, 3.8) is 0 Å². The molecule has 0 aliphatic rings. The van der Waals surface area contributed by atoms with E-state index in [0.717, 1.165) is 22.3 Å². The van der Waals surface area contributed by atoms with E-state index in [4.69, 9.17) is 10.3 Å². The van der Waals surface area contributed by atoms with Gasteiger partial charge in [-0.2, -0.15) is 4.98 Å². The zero-order valence-electron chi connectivity index (χ0n) is 11.3. The van der Waals surface area contributed by atoms with Gasteiger partial charge < -0.3 is 10.3 Å². The fourth-order valence-electron chi connectivity index (χ4n) is 2.01. The molecular formula is C15H14N4O. The van der Waals surface area contributed by atoms with Crippen LogP contribution in [-0.2, 0) is 0 Å². The molecule has 2 N–H and O–H groups in total. The molecule has 0 unspecified atom stereocenters. The molecular weight excluding hydrogens is 252 g/mol. The highest BCUT2D eigenvalue weighted by Gasteiger charge is 2.14. The van der Waals surface area contributed by atoms with Crippen LogP contribution >= 0.6 is 0 Å². The second-order valence-electron chi connectivity index (χ2n) is 4.65. The molecule has 5 nitrogen and oxygen atoms in total. The van der Waals surface area contributed by atoms with Crippen LogP contribution in [0.3, 0.4) is 0 Å². The maximum atomic E-state index is 6.05. The zero-order chi connectivity index (χ0) is 14.1. The number of para-hydroxylation sites is 1. The molecule has 3 rings (SSSR count). The summed E-state index contributed by atoms with van der Waals surface area (Å²) in [7, 11) is 0. The second kappa shape index (κ2) is 4.77. The summed E-state index contributed by atoms with van der Waals surface area (Å²) in [5.41, 5.74) is 10.4. The van der Waals surface area contributed by atoms with Crippen LogP contribution in [0.2, 0.25) is 0 Å². The molecule has 1 aromatic carbocycles. The minimum absolute atomic E-state index is 0.421. The Kier molecular flexibility index (Phi) is 2.95. The smallest absolute Gasteiger partial charge is 0.260 e. The summed E-state index contributed by atoms with van der Waals surface area (Å²) in [5.74, 6) is 0.941. The van der Waals surface area contributed by atoms with Crippen LogP contribution in [0.1, 0.15) is 11.1 Å². The molecule has 5 heteroatoms. The number of nitrogens with two attached hydrogens (primary N) is 1. The van der Waals surface area contributed by atoms with E-state index in [-0.39, 0.29) is 0 Å². The minimum Gasteiger partial charge on any atom is -0.398 e. The molecule has 0 aliphatic carbocycles. The van der Waals surface area contributed by atoms with E-state index in [1.165, 1.54) is 0 Å². The van der Waals surface area contributed by atoms with Crippen LogP contribution < -0.4 is 5.73 Å². The number of anilines is 1. The Morgan fingerprint density at radius 3 is 2.70 bits per heavy atom. The number of aryl methyl sites for hydroxylation is 2. The lowest BCUT2D eigenvalue weighted by Gasteiger charge is -2.03. The first kappa shape index (κ1) is 12.3. The van der Waals surface area contributed by atoms with Crippen molar-refractivity contribution in [2.45, 2.75) is 13.8 Å². The van der Waals surface area contributed by atoms with Crippen molar-refractivity contribution < 1.29 is 4.52 Å². The minimum atomic E-state index is 0.421. The summed E-state index contributed by atoms with van der Waals surface area (Å²) in [6, 6.07) is 7.64. The molecule has 100 valence electrons. The molecule has 20 heavy (non-hydrogen) atoms. The normalized spacial score (nSPS) is 10.7. The third kappa shape index (κ3) is 2.03. The van der Waals surface area contributed by atoms with Crippen molar-refractivity contribution in [1.29, 1.82) is 0 Å². The van der Waals surface area contributed by atoms with Gasteiger partial charge in [-0.15, -0.1) is 0 Å². The van der Waals surface area contributed by atoms with Gasteiger partial charge in [0.25, 0.3) is 5.89 Å². The number of pyridine rings is 1. The van der Waals surface area contributed by atoms with Crippen molar-refractivity contribution in [1.82, 2.24) is 15.1 Å². The molecule has 2 heterocycles. The van der Waals surface area contributed by atoms with Crippen LogP contribution in [0.5, 0.6) is 0 Å². The fraction of sp³-hybridized carbons (Fsp3) is 0.133.